The first-order chi connectivity index (χ1) is 10.9. The Morgan fingerprint density at radius 3 is 2.74 bits per heavy atom. The van der Waals surface area contributed by atoms with Crippen molar-refractivity contribution in [3.63, 3.8) is 0 Å². The quantitative estimate of drug-likeness (QED) is 0.837. The average Bonchev–Trinajstić information content (AvgIpc) is 2.54. The molecule has 0 radical (unpaired) electrons. The summed E-state index contributed by atoms with van der Waals surface area (Å²) in [5.41, 5.74) is 1.71. The van der Waals surface area contributed by atoms with Gasteiger partial charge in [0, 0.05) is 31.5 Å². The molecule has 2 heterocycles. The number of anilines is 1. The molecule has 8 heteroatoms. The molecule has 0 saturated heterocycles. The molecule has 0 aromatic carbocycles. The van der Waals surface area contributed by atoms with Gasteiger partial charge in [-0.3, -0.25) is 14.2 Å². The summed E-state index contributed by atoms with van der Waals surface area (Å²) in [6.45, 7) is 3.66. The fraction of sp³-hybridized carbons (Fsp3) is 0.400. The van der Waals surface area contributed by atoms with E-state index in [0.29, 0.717) is 22.9 Å². The van der Waals surface area contributed by atoms with Gasteiger partial charge in [-0.05, 0) is 19.9 Å². The van der Waals surface area contributed by atoms with E-state index < -0.39 is 0 Å². The zero-order valence-electron chi connectivity index (χ0n) is 13.7. The predicted molar refractivity (Wildman–Crippen MR) is 86.2 cm³/mol. The van der Waals surface area contributed by atoms with Gasteiger partial charge >= 0.3 is 0 Å². The summed E-state index contributed by atoms with van der Waals surface area (Å²) < 4.78 is 1.29. The molecule has 0 saturated carbocycles. The number of carbonyl (C=O) groups is 1. The lowest BCUT2D eigenvalue weighted by Crippen LogP contribution is -2.33. The van der Waals surface area contributed by atoms with Crippen molar-refractivity contribution in [3.05, 3.63) is 45.9 Å². The van der Waals surface area contributed by atoms with E-state index in [4.69, 9.17) is 0 Å². The Bertz CT molecular complexity index is 769. The maximum absolute atomic E-state index is 12.0. The van der Waals surface area contributed by atoms with Gasteiger partial charge in [0.05, 0.1) is 18.6 Å². The van der Waals surface area contributed by atoms with Crippen LogP contribution in [0.2, 0.25) is 0 Å². The maximum atomic E-state index is 12.0. The molecular formula is C15H20N6O2. The highest BCUT2D eigenvalue weighted by atomic mass is 16.2. The Labute approximate surface area is 134 Å². The molecule has 0 atom stereocenters. The Kier molecular flexibility index (Phi) is 5.05. The highest BCUT2D eigenvalue weighted by molar-refractivity contribution is 5.75. The third-order valence-corrected chi connectivity index (χ3v) is 3.40. The number of hydrogen-bond donors (Lipinski definition) is 1. The van der Waals surface area contributed by atoms with Crippen LogP contribution in [0.5, 0.6) is 0 Å². The van der Waals surface area contributed by atoms with Crippen molar-refractivity contribution in [3.8, 4) is 0 Å². The zero-order chi connectivity index (χ0) is 17.0. The first kappa shape index (κ1) is 16.6. The van der Waals surface area contributed by atoms with Crippen molar-refractivity contribution < 1.29 is 4.79 Å². The summed E-state index contributed by atoms with van der Waals surface area (Å²) in [5.74, 6) is 0.300. The van der Waals surface area contributed by atoms with Crippen LogP contribution in [0.15, 0.2) is 23.4 Å². The maximum Gasteiger partial charge on any atom is 0.256 e. The highest BCUT2D eigenvalue weighted by Gasteiger charge is 2.09. The van der Waals surface area contributed by atoms with Crippen LogP contribution in [0.3, 0.4) is 0 Å². The van der Waals surface area contributed by atoms with E-state index in [1.807, 2.05) is 14.1 Å². The Hall–Kier alpha value is -2.77. The monoisotopic (exact) mass is 316 g/mol. The van der Waals surface area contributed by atoms with Crippen molar-refractivity contribution in [2.45, 2.75) is 26.9 Å². The van der Waals surface area contributed by atoms with Gasteiger partial charge in [0.1, 0.15) is 6.54 Å². The molecule has 0 spiro atoms. The molecule has 2 aromatic rings. The molecule has 0 aliphatic heterocycles. The number of nitrogens with zero attached hydrogens (tertiary/aromatic N) is 5. The summed E-state index contributed by atoms with van der Waals surface area (Å²) in [6.07, 6.45) is 3.03. The van der Waals surface area contributed by atoms with Gasteiger partial charge in [-0.1, -0.05) is 0 Å². The normalized spacial score (nSPS) is 10.4. The van der Waals surface area contributed by atoms with Crippen LogP contribution in [-0.2, 0) is 17.9 Å². The smallest absolute Gasteiger partial charge is 0.256 e. The molecular weight excluding hydrogens is 296 g/mol. The van der Waals surface area contributed by atoms with Gasteiger partial charge in [-0.25, -0.2) is 15.0 Å². The molecule has 0 fully saturated rings. The van der Waals surface area contributed by atoms with Crippen LogP contribution >= 0.6 is 0 Å². The van der Waals surface area contributed by atoms with Crippen LogP contribution in [0.4, 0.5) is 5.95 Å². The number of rotatable bonds is 5. The fourth-order valence-corrected chi connectivity index (χ4v) is 1.89. The van der Waals surface area contributed by atoms with E-state index in [1.54, 1.807) is 31.0 Å². The summed E-state index contributed by atoms with van der Waals surface area (Å²) in [5, 5.41) is 2.74. The third kappa shape index (κ3) is 4.12. The molecule has 23 heavy (non-hydrogen) atoms. The van der Waals surface area contributed by atoms with E-state index in [2.05, 4.69) is 20.3 Å². The van der Waals surface area contributed by atoms with Gasteiger partial charge < -0.3 is 10.2 Å². The molecule has 0 aliphatic rings. The van der Waals surface area contributed by atoms with Crippen molar-refractivity contribution in [1.29, 1.82) is 0 Å². The molecule has 1 N–H and O–H groups in total. The lowest BCUT2D eigenvalue weighted by Gasteiger charge is -2.11. The second-order valence-corrected chi connectivity index (χ2v) is 5.41. The summed E-state index contributed by atoms with van der Waals surface area (Å²) in [7, 11) is 3.69. The van der Waals surface area contributed by atoms with Gasteiger partial charge in [0.25, 0.3) is 5.56 Å². The van der Waals surface area contributed by atoms with E-state index in [0.717, 1.165) is 0 Å². The van der Waals surface area contributed by atoms with Gasteiger partial charge in [0.2, 0.25) is 11.9 Å². The molecule has 2 rings (SSSR count). The van der Waals surface area contributed by atoms with Crippen molar-refractivity contribution in [2.24, 2.45) is 0 Å². The van der Waals surface area contributed by atoms with E-state index in [9.17, 15) is 9.59 Å². The molecule has 1 amide bonds. The minimum absolute atomic E-state index is 0.0709. The first-order valence-corrected chi connectivity index (χ1v) is 7.17. The second-order valence-electron chi connectivity index (χ2n) is 5.41. The number of nitrogens with one attached hydrogen (secondary N) is 1. The number of aromatic nitrogens is 4. The largest absolute Gasteiger partial charge is 0.349 e. The third-order valence-electron chi connectivity index (χ3n) is 3.40. The van der Waals surface area contributed by atoms with E-state index in [1.165, 1.54) is 10.9 Å². The van der Waals surface area contributed by atoms with Gasteiger partial charge in [0.15, 0.2) is 0 Å². The Balaban J connectivity index is 2.00. The molecule has 0 aliphatic carbocycles. The van der Waals surface area contributed by atoms with Crippen LogP contribution in [0.25, 0.3) is 0 Å². The second kappa shape index (κ2) is 6.99. The van der Waals surface area contributed by atoms with E-state index in [-0.39, 0.29) is 24.6 Å². The molecule has 2 aromatic heterocycles. The van der Waals surface area contributed by atoms with E-state index >= 15 is 0 Å². The summed E-state index contributed by atoms with van der Waals surface area (Å²) in [6, 6.07) is 1.73. The molecule has 122 valence electrons. The Morgan fingerprint density at radius 1 is 1.30 bits per heavy atom. The summed E-state index contributed by atoms with van der Waals surface area (Å²) in [4.78, 5) is 38.3. The Morgan fingerprint density at radius 2 is 2.04 bits per heavy atom. The topological polar surface area (TPSA) is 93.0 Å². The first-order valence-electron chi connectivity index (χ1n) is 7.17. The summed E-state index contributed by atoms with van der Waals surface area (Å²) >= 11 is 0. The lowest BCUT2D eigenvalue weighted by molar-refractivity contribution is -0.121. The average molecular weight is 316 g/mol. The number of hydrogen-bond acceptors (Lipinski definition) is 6. The molecule has 0 bridgehead atoms. The number of carbonyl (C=O) groups excluding carboxylic acids is 1. The van der Waals surface area contributed by atoms with Crippen LogP contribution < -0.4 is 15.8 Å². The van der Waals surface area contributed by atoms with Crippen molar-refractivity contribution >= 4 is 11.9 Å². The van der Waals surface area contributed by atoms with Crippen LogP contribution in [0, 0.1) is 13.8 Å². The highest BCUT2D eigenvalue weighted by Crippen LogP contribution is 2.03. The predicted octanol–water partition coefficient (Wildman–Crippen LogP) is 0.0325. The minimum Gasteiger partial charge on any atom is -0.349 e. The van der Waals surface area contributed by atoms with Crippen molar-refractivity contribution in [1.82, 2.24) is 24.8 Å². The molecule has 8 nitrogen and oxygen atoms in total. The zero-order valence-corrected chi connectivity index (χ0v) is 13.7. The standard InChI is InChI=1S/C15H20N6O2/c1-10-11(2)18-9-21(14(10)23)8-13(22)17-7-12-5-6-16-15(19-12)20(3)4/h5-6,9H,7-8H2,1-4H3,(H,17,22). The lowest BCUT2D eigenvalue weighted by atomic mass is 10.3. The van der Waals surface area contributed by atoms with Crippen LogP contribution in [-0.4, -0.2) is 39.5 Å². The number of aryl methyl sites for hydroxylation is 1. The fourth-order valence-electron chi connectivity index (χ4n) is 1.89. The SMILES string of the molecule is Cc1ncn(CC(=O)NCc2ccnc(N(C)C)n2)c(=O)c1C. The van der Waals surface area contributed by atoms with Gasteiger partial charge in [-0.15, -0.1) is 0 Å². The minimum atomic E-state index is -0.276. The molecule has 0 unspecified atom stereocenters. The van der Waals surface area contributed by atoms with Crippen molar-refractivity contribution in [2.75, 3.05) is 19.0 Å². The van der Waals surface area contributed by atoms with Crippen LogP contribution in [0.1, 0.15) is 17.0 Å². The van der Waals surface area contributed by atoms with Gasteiger partial charge in [-0.2, -0.15) is 0 Å². The number of amides is 1.